The lowest BCUT2D eigenvalue weighted by atomic mass is 9.83. The van der Waals surface area contributed by atoms with E-state index < -0.39 is 0 Å². The Labute approximate surface area is 144 Å². The molecule has 1 unspecified atom stereocenters. The summed E-state index contributed by atoms with van der Waals surface area (Å²) in [5.41, 5.74) is 2.30. The first-order chi connectivity index (χ1) is 11.2. The molecule has 1 fully saturated rings. The number of benzene rings is 1. The SMILES string of the molecule is CCOC(=O)CCC(Cl)c1ccc(C2CCCCC2)c(OC)c1. The Kier molecular flexibility index (Phi) is 7.22. The zero-order chi connectivity index (χ0) is 16.7. The van der Waals surface area contributed by atoms with Crippen molar-refractivity contribution in [3.8, 4) is 5.75 Å². The van der Waals surface area contributed by atoms with Crippen LogP contribution in [-0.2, 0) is 9.53 Å². The predicted octanol–water partition coefficient (Wildman–Crippen LogP) is 5.37. The number of halogens is 1. The van der Waals surface area contributed by atoms with Gasteiger partial charge in [-0.25, -0.2) is 0 Å². The average molecular weight is 339 g/mol. The Bertz CT molecular complexity index is 509. The molecule has 0 aromatic heterocycles. The molecule has 3 nitrogen and oxygen atoms in total. The minimum absolute atomic E-state index is 0.191. The predicted molar refractivity (Wildman–Crippen MR) is 93.3 cm³/mol. The normalized spacial score (nSPS) is 16.8. The maximum atomic E-state index is 11.5. The van der Waals surface area contributed by atoms with Crippen molar-refractivity contribution in [1.82, 2.24) is 0 Å². The van der Waals surface area contributed by atoms with Crippen molar-refractivity contribution < 1.29 is 14.3 Å². The van der Waals surface area contributed by atoms with E-state index in [4.69, 9.17) is 21.1 Å². The number of alkyl halides is 1. The summed E-state index contributed by atoms with van der Waals surface area (Å²) in [4.78, 5) is 11.5. The number of hydrogen-bond donors (Lipinski definition) is 0. The highest BCUT2D eigenvalue weighted by Gasteiger charge is 2.20. The van der Waals surface area contributed by atoms with Gasteiger partial charge in [-0.2, -0.15) is 0 Å². The molecule has 128 valence electrons. The third-order valence-electron chi connectivity index (χ3n) is 4.57. The highest BCUT2D eigenvalue weighted by Crippen LogP contribution is 2.39. The molecule has 1 aromatic carbocycles. The molecule has 0 amide bonds. The lowest BCUT2D eigenvalue weighted by Gasteiger charge is -2.24. The zero-order valence-corrected chi connectivity index (χ0v) is 14.9. The molecule has 1 aliphatic carbocycles. The molecule has 0 heterocycles. The summed E-state index contributed by atoms with van der Waals surface area (Å²) >= 11 is 6.45. The average Bonchev–Trinajstić information content (AvgIpc) is 2.60. The minimum atomic E-state index is -0.200. The molecule has 1 aromatic rings. The van der Waals surface area contributed by atoms with Crippen molar-refractivity contribution >= 4 is 17.6 Å². The summed E-state index contributed by atoms with van der Waals surface area (Å²) in [6.07, 6.45) is 7.34. The second-order valence-electron chi connectivity index (χ2n) is 6.15. The Hall–Kier alpha value is -1.22. The maximum absolute atomic E-state index is 11.5. The number of hydrogen-bond acceptors (Lipinski definition) is 3. The van der Waals surface area contributed by atoms with Crippen LogP contribution in [-0.4, -0.2) is 19.7 Å². The van der Waals surface area contributed by atoms with E-state index in [1.165, 1.54) is 37.7 Å². The topological polar surface area (TPSA) is 35.5 Å². The van der Waals surface area contributed by atoms with E-state index in [-0.39, 0.29) is 11.3 Å². The zero-order valence-electron chi connectivity index (χ0n) is 14.1. The summed E-state index contributed by atoms with van der Waals surface area (Å²) in [5.74, 6) is 1.33. The standard InChI is InChI=1S/C19H27ClO3/c1-3-23-19(21)12-11-17(20)15-9-10-16(18(13-15)22-2)14-7-5-4-6-8-14/h9-10,13-14,17H,3-8,11-12H2,1-2H3. The molecular formula is C19H27ClO3. The molecule has 2 rings (SSSR count). The molecule has 23 heavy (non-hydrogen) atoms. The fourth-order valence-corrected chi connectivity index (χ4v) is 3.56. The number of carbonyl (C=O) groups is 1. The van der Waals surface area contributed by atoms with Crippen LogP contribution >= 0.6 is 11.6 Å². The van der Waals surface area contributed by atoms with E-state index in [9.17, 15) is 4.79 Å². The van der Waals surface area contributed by atoms with E-state index in [0.29, 0.717) is 25.4 Å². The first kappa shape index (κ1) is 18.1. The van der Waals surface area contributed by atoms with Crippen molar-refractivity contribution in [2.24, 2.45) is 0 Å². The van der Waals surface area contributed by atoms with Crippen LogP contribution in [0.3, 0.4) is 0 Å². The van der Waals surface area contributed by atoms with Crippen molar-refractivity contribution in [2.45, 2.75) is 63.2 Å². The van der Waals surface area contributed by atoms with Crippen LogP contribution < -0.4 is 4.74 Å². The molecule has 0 aliphatic heterocycles. The summed E-state index contributed by atoms with van der Waals surface area (Å²) < 4.78 is 10.6. The van der Waals surface area contributed by atoms with E-state index in [1.807, 2.05) is 13.0 Å². The highest BCUT2D eigenvalue weighted by atomic mass is 35.5. The van der Waals surface area contributed by atoms with Gasteiger partial charge in [0.2, 0.25) is 0 Å². The summed E-state index contributed by atoms with van der Waals surface area (Å²) in [6, 6.07) is 6.27. The van der Waals surface area contributed by atoms with Crippen molar-refractivity contribution in [3.05, 3.63) is 29.3 Å². The molecule has 1 saturated carbocycles. The van der Waals surface area contributed by atoms with Gasteiger partial charge >= 0.3 is 5.97 Å². The summed E-state index contributed by atoms with van der Waals surface area (Å²) in [7, 11) is 1.72. The Morgan fingerprint density at radius 3 is 2.70 bits per heavy atom. The molecule has 1 aliphatic rings. The monoisotopic (exact) mass is 338 g/mol. The summed E-state index contributed by atoms with van der Waals surface area (Å²) in [6.45, 7) is 2.22. The van der Waals surface area contributed by atoms with Gasteiger partial charge in [-0.1, -0.05) is 31.4 Å². The lowest BCUT2D eigenvalue weighted by Crippen LogP contribution is -2.07. The first-order valence-corrected chi connectivity index (χ1v) is 9.06. The molecule has 4 heteroatoms. The van der Waals surface area contributed by atoms with Gasteiger partial charge in [0.25, 0.3) is 0 Å². The second kappa shape index (κ2) is 9.17. The molecule has 0 bridgehead atoms. The van der Waals surface area contributed by atoms with Gasteiger partial charge in [0.05, 0.1) is 19.1 Å². The molecule has 0 spiro atoms. The minimum Gasteiger partial charge on any atom is -0.496 e. The van der Waals surface area contributed by atoms with Crippen LogP contribution in [0, 0.1) is 0 Å². The molecular weight excluding hydrogens is 312 g/mol. The van der Waals surface area contributed by atoms with Crippen molar-refractivity contribution in [1.29, 1.82) is 0 Å². The smallest absolute Gasteiger partial charge is 0.305 e. The summed E-state index contributed by atoms with van der Waals surface area (Å²) in [5, 5.41) is -0.200. The third kappa shape index (κ3) is 5.13. The van der Waals surface area contributed by atoms with Crippen LogP contribution in [0.25, 0.3) is 0 Å². The van der Waals surface area contributed by atoms with E-state index in [2.05, 4.69) is 12.1 Å². The second-order valence-corrected chi connectivity index (χ2v) is 6.67. The van der Waals surface area contributed by atoms with Crippen LogP contribution in [0.2, 0.25) is 0 Å². The van der Waals surface area contributed by atoms with Crippen LogP contribution in [0.5, 0.6) is 5.75 Å². The van der Waals surface area contributed by atoms with Gasteiger partial charge in [0, 0.05) is 6.42 Å². The number of methoxy groups -OCH3 is 1. The first-order valence-electron chi connectivity index (χ1n) is 8.63. The quantitative estimate of drug-likeness (QED) is 0.495. The number of ether oxygens (including phenoxy) is 2. The van der Waals surface area contributed by atoms with E-state index >= 15 is 0 Å². The third-order valence-corrected chi connectivity index (χ3v) is 5.04. The van der Waals surface area contributed by atoms with Crippen LogP contribution in [0.4, 0.5) is 0 Å². The van der Waals surface area contributed by atoms with Gasteiger partial charge < -0.3 is 9.47 Å². The van der Waals surface area contributed by atoms with Gasteiger partial charge in [0.1, 0.15) is 5.75 Å². The van der Waals surface area contributed by atoms with E-state index in [1.54, 1.807) is 7.11 Å². The lowest BCUT2D eigenvalue weighted by molar-refractivity contribution is -0.143. The molecule has 0 saturated heterocycles. The highest BCUT2D eigenvalue weighted by molar-refractivity contribution is 6.20. The molecule has 0 N–H and O–H groups in total. The Morgan fingerprint density at radius 2 is 2.04 bits per heavy atom. The maximum Gasteiger partial charge on any atom is 0.305 e. The number of esters is 1. The fourth-order valence-electron chi connectivity index (χ4n) is 3.32. The number of carbonyl (C=O) groups excluding carboxylic acids is 1. The van der Waals surface area contributed by atoms with Crippen molar-refractivity contribution in [3.63, 3.8) is 0 Å². The largest absolute Gasteiger partial charge is 0.496 e. The van der Waals surface area contributed by atoms with Crippen molar-refractivity contribution in [2.75, 3.05) is 13.7 Å². The van der Waals surface area contributed by atoms with Gasteiger partial charge in [-0.05, 0) is 49.3 Å². The molecule has 1 atom stereocenters. The Morgan fingerprint density at radius 1 is 1.30 bits per heavy atom. The van der Waals surface area contributed by atoms with Gasteiger partial charge in [-0.15, -0.1) is 11.6 Å². The van der Waals surface area contributed by atoms with E-state index in [0.717, 1.165) is 11.3 Å². The Balaban J connectivity index is 2.03. The van der Waals surface area contributed by atoms with Gasteiger partial charge in [-0.3, -0.25) is 4.79 Å². The number of rotatable bonds is 7. The van der Waals surface area contributed by atoms with Crippen LogP contribution in [0.1, 0.15) is 74.3 Å². The molecule has 0 radical (unpaired) electrons. The van der Waals surface area contributed by atoms with Crippen LogP contribution in [0.15, 0.2) is 18.2 Å². The fraction of sp³-hybridized carbons (Fsp3) is 0.632. The van der Waals surface area contributed by atoms with Gasteiger partial charge in [0.15, 0.2) is 0 Å².